The lowest BCUT2D eigenvalue weighted by Gasteiger charge is -2.19. The van der Waals surface area contributed by atoms with Gasteiger partial charge < -0.3 is 4.74 Å². The molecule has 2 aromatic rings. The number of thiophene rings is 1. The molecule has 96 valence electrons. The van der Waals surface area contributed by atoms with Crippen molar-refractivity contribution in [3.05, 3.63) is 51.2 Å². The molecule has 0 saturated heterocycles. The fraction of sp³-hybridized carbons (Fsp3) is 0.286. The summed E-state index contributed by atoms with van der Waals surface area (Å²) in [6.45, 7) is 4.16. The van der Waals surface area contributed by atoms with Crippen molar-refractivity contribution in [1.82, 2.24) is 5.43 Å². The van der Waals surface area contributed by atoms with Gasteiger partial charge in [-0.25, -0.2) is 5.43 Å². The molecule has 1 aromatic carbocycles. The Balaban J connectivity index is 2.51. The molecular formula is C14H18N2OS. The van der Waals surface area contributed by atoms with Crippen molar-refractivity contribution < 1.29 is 4.74 Å². The number of rotatable bonds is 4. The fourth-order valence-corrected chi connectivity index (χ4v) is 3.07. The second-order valence-corrected chi connectivity index (χ2v) is 5.26. The first kappa shape index (κ1) is 13.1. The topological polar surface area (TPSA) is 47.3 Å². The van der Waals surface area contributed by atoms with Gasteiger partial charge in [0.2, 0.25) is 0 Å². The maximum absolute atomic E-state index is 5.74. The smallest absolute Gasteiger partial charge is 0.124 e. The van der Waals surface area contributed by atoms with Gasteiger partial charge in [0.15, 0.2) is 0 Å². The van der Waals surface area contributed by atoms with Crippen molar-refractivity contribution >= 4 is 11.3 Å². The van der Waals surface area contributed by atoms with E-state index in [1.54, 1.807) is 18.4 Å². The van der Waals surface area contributed by atoms with E-state index in [0.29, 0.717) is 0 Å². The third kappa shape index (κ3) is 2.41. The van der Waals surface area contributed by atoms with Gasteiger partial charge in [-0.1, -0.05) is 17.7 Å². The molecule has 0 aliphatic heterocycles. The average molecular weight is 262 g/mol. The molecule has 3 nitrogen and oxygen atoms in total. The molecule has 3 N–H and O–H groups in total. The van der Waals surface area contributed by atoms with Gasteiger partial charge in [-0.2, -0.15) is 0 Å². The minimum atomic E-state index is -0.0279. The molecular weight excluding hydrogens is 244 g/mol. The van der Waals surface area contributed by atoms with Crippen LogP contribution in [-0.4, -0.2) is 7.11 Å². The van der Waals surface area contributed by atoms with E-state index in [4.69, 9.17) is 10.6 Å². The number of nitrogens with one attached hydrogen (secondary N) is 1. The number of hydrogen-bond acceptors (Lipinski definition) is 4. The van der Waals surface area contributed by atoms with Crippen LogP contribution < -0.4 is 16.0 Å². The van der Waals surface area contributed by atoms with Crippen molar-refractivity contribution in [2.45, 2.75) is 19.9 Å². The fourth-order valence-electron chi connectivity index (χ4n) is 2.07. The predicted octanol–water partition coefficient (Wildman–Crippen LogP) is 2.93. The van der Waals surface area contributed by atoms with Gasteiger partial charge in [-0.15, -0.1) is 11.3 Å². The maximum atomic E-state index is 5.74. The number of benzene rings is 1. The van der Waals surface area contributed by atoms with Gasteiger partial charge >= 0.3 is 0 Å². The monoisotopic (exact) mass is 262 g/mol. The van der Waals surface area contributed by atoms with Crippen LogP contribution in [0.1, 0.15) is 27.6 Å². The number of hydrazine groups is 1. The molecule has 1 atom stereocenters. The van der Waals surface area contributed by atoms with E-state index in [2.05, 4.69) is 36.8 Å². The molecule has 0 radical (unpaired) electrons. The van der Waals surface area contributed by atoms with Crippen LogP contribution in [0.15, 0.2) is 29.6 Å². The molecule has 1 aromatic heterocycles. The largest absolute Gasteiger partial charge is 0.496 e. The number of nitrogens with two attached hydrogens (primary N) is 1. The molecule has 0 aliphatic rings. The first-order valence-corrected chi connectivity index (χ1v) is 6.70. The van der Waals surface area contributed by atoms with Gasteiger partial charge in [0.1, 0.15) is 5.75 Å². The van der Waals surface area contributed by atoms with Crippen LogP contribution in [0, 0.1) is 13.8 Å². The predicted molar refractivity (Wildman–Crippen MR) is 76.0 cm³/mol. The van der Waals surface area contributed by atoms with Crippen LogP contribution >= 0.6 is 11.3 Å². The normalized spacial score (nSPS) is 12.4. The summed E-state index contributed by atoms with van der Waals surface area (Å²) in [6, 6.07) is 8.21. The number of aryl methyl sites for hydroxylation is 2. The zero-order valence-electron chi connectivity index (χ0n) is 10.9. The molecule has 4 heteroatoms. The summed E-state index contributed by atoms with van der Waals surface area (Å²) in [7, 11) is 1.68. The second-order valence-electron chi connectivity index (χ2n) is 4.31. The third-order valence-electron chi connectivity index (χ3n) is 3.03. The molecule has 0 saturated carbocycles. The van der Waals surface area contributed by atoms with E-state index < -0.39 is 0 Å². The van der Waals surface area contributed by atoms with Crippen LogP contribution in [0.3, 0.4) is 0 Å². The van der Waals surface area contributed by atoms with Gasteiger partial charge in [-0.3, -0.25) is 5.84 Å². The molecule has 1 unspecified atom stereocenters. The van der Waals surface area contributed by atoms with Crippen LogP contribution in [0.4, 0.5) is 0 Å². The Morgan fingerprint density at radius 3 is 2.61 bits per heavy atom. The summed E-state index contributed by atoms with van der Waals surface area (Å²) < 4.78 is 5.43. The van der Waals surface area contributed by atoms with Gasteiger partial charge in [-0.05, 0) is 36.9 Å². The SMILES string of the molecule is COc1ccc(C)cc1C(NN)c1sccc1C. The summed E-state index contributed by atoms with van der Waals surface area (Å²) in [5.41, 5.74) is 6.41. The Morgan fingerprint density at radius 1 is 1.28 bits per heavy atom. The Bertz CT molecular complexity index is 536. The van der Waals surface area contributed by atoms with E-state index in [1.807, 2.05) is 12.1 Å². The molecule has 0 amide bonds. The second kappa shape index (κ2) is 5.52. The van der Waals surface area contributed by atoms with Crippen molar-refractivity contribution in [3.8, 4) is 5.75 Å². The summed E-state index contributed by atoms with van der Waals surface area (Å²) >= 11 is 1.70. The van der Waals surface area contributed by atoms with Crippen molar-refractivity contribution in [3.63, 3.8) is 0 Å². The molecule has 18 heavy (non-hydrogen) atoms. The number of ether oxygens (including phenoxy) is 1. The highest BCUT2D eigenvalue weighted by molar-refractivity contribution is 7.10. The Labute approximate surface area is 112 Å². The quantitative estimate of drug-likeness (QED) is 0.658. The van der Waals surface area contributed by atoms with Gasteiger partial charge in [0.25, 0.3) is 0 Å². The Morgan fingerprint density at radius 2 is 2.06 bits per heavy atom. The molecule has 0 aliphatic carbocycles. The lowest BCUT2D eigenvalue weighted by Crippen LogP contribution is -2.29. The number of hydrogen-bond donors (Lipinski definition) is 2. The standard InChI is InChI=1S/C14H18N2OS/c1-9-4-5-12(17-3)11(8-9)13(16-15)14-10(2)6-7-18-14/h4-8,13,16H,15H2,1-3H3. The lowest BCUT2D eigenvalue weighted by atomic mass is 10.0. The van der Waals surface area contributed by atoms with E-state index in [-0.39, 0.29) is 6.04 Å². The van der Waals surface area contributed by atoms with Crippen LogP contribution in [0.25, 0.3) is 0 Å². The van der Waals surface area contributed by atoms with Gasteiger partial charge in [0.05, 0.1) is 13.2 Å². The van der Waals surface area contributed by atoms with Gasteiger partial charge in [0, 0.05) is 10.4 Å². The van der Waals surface area contributed by atoms with Crippen molar-refractivity contribution in [1.29, 1.82) is 0 Å². The highest BCUT2D eigenvalue weighted by Gasteiger charge is 2.19. The van der Waals surface area contributed by atoms with Crippen molar-refractivity contribution in [2.75, 3.05) is 7.11 Å². The summed E-state index contributed by atoms with van der Waals surface area (Å²) in [5.74, 6) is 6.60. The molecule has 0 spiro atoms. The zero-order valence-corrected chi connectivity index (χ0v) is 11.7. The van der Waals surface area contributed by atoms with Crippen molar-refractivity contribution in [2.24, 2.45) is 5.84 Å². The highest BCUT2D eigenvalue weighted by atomic mass is 32.1. The van der Waals surface area contributed by atoms with Crippen LogP contribution in [0.5, 0.6) is 5.75 Å². The minimum Gasteiger partial charge on any atom is -0.496 e. The van der Waals surface area contributed by atoms with E-state index >= 15 is 0 Å². The average Bonchev–Trinajstić information content (AvgIpc) is 2.77. The molecule has 0 bridgehead atoms. The van der Waals surface area contributed by atoms with Crippen LogP contribution in [0.2, 0.25) is 0 Å². The molecule has 0 fully saturated rings. The first-order valence-electron chi connectivity index (χ1n) is 5.82. The number of methoxy groups -OCH3 is 1. The highest BCUT2D eigenvalue weighted by Crippen LogP contribution is 2.34. The Kier molecular flexibility index (Phi) is 4.01. The first-order chi connectivity index (χ1) is 8.67. The zero-order chi connectivity index (χ0) is 13.1. The van der Waals surface area contributed by atoms with Crippen LogP contribution in [-0.2, 0) is 0 Å². The minimum absolute atomic E-state index is 0.0279. The third-order valence-corrected chi connectivity index (χ3v) is 4.11. The Hall–Kier alpha value is -1.36. The molecule has 1 heterocycles. The maximum Gasteiger partial charge on any atom is 0.124 e. The summed E-state index contributed by atoms with van der Waals surface area (Å²) in [5, 5.41) is 2.08. The molecule has 2 rings (SSSR count). The summed E-state index contributed by atoms with van der Waals surface area (Å²) in [6.07, 6.45) is 0. The van der Waals surface area contributed by atoms with E-state index in [1.165, 1.54) is 16.0 Å². The lowest BCUT2D eigenvalue weighted by molar-refractivity contribution is 0.404. The van der Waals surface area contributed by atoms with E-state index in [9.17, 15) is 0 Å². The summed E-state index contributed by atoms with van der Waals surface area (Å²) in [4.78, 5) is 1.22. The van der Waals surface area contributed by atoms with E-state index in [0.717, 1.165) is 11.3 Å².